The van der Waals surface area contributed by atoms with Crippen molar-refractivity contribution in [2.75, 3.05) is 11.4 Å². The average molecular weight is 247 g/mol. The maximum atomic E-state index is 11.7. The largest absolute Gasteiger partial charge is 0.350 e. The van der Waals surface area contributed by atoms with Gasteiger partial charge in [-0.15, -0.1) is 0 Å². The molecule has 96 valence electrons. The number of anilines is 1. The van der Waals surface area contributed by atoms with Crippen molar-refractivity contribution < 1.29 is 9.59 Å². The summed E-state index contributed by atoms with van der Waals surface area (Å²) in [6.07, 6.45) is 0. The summed E-state index contributed by atoms with van der Waals surface area (Å²) in [5.74, 6) is -0.552. The molecule has 1 aromatic carbocycles. The van der Waals surface area contributed by atoms with Gasteiger partial charge in [-0.3, -0.25) is 14.9 Å². The molecule has 1 aliphatic rings. The number of carbonyl (C=O) groups excluding carboxylic acids is 2. The number of amides is 2. The van der Waals surface area contributed by atoms with Crippen molar-refractivity contribution in [3.05, 3.63) is 29.8 Å². The Kier molecular flexibility index (Phi) is 3.34. The van der Waals surface area contributed by atoms with E-state index in [1.165, 1.54) is 0 Å². The maximum Gasteiger partial charge on any atom is 0.249 e. The second-order valence-corrected chi connectivity index (χ2v) is 4.56. The molecule has 2 amide bonds. The number of benzene rings is 1. The number of hydrogen-bond acceptors (Lipinski definition) is 4. The molecule has 3 N–H and O–H groups in total. The van der Waals surface area contributed by atoms with E-state index in [1.54, 1.807) is 11.8 Å². The number of nitrogens with two attached hydrogens (primary N) is 1. The van der Waals surface area contributed by atoms with Gasteiger partial charge in [-0.1, -0.05) is 18.2 Å². The minimum absolute atomic E-state index is 0.145. The summed E-state index contributed by atoms with van der Waals surface area (Å²) in [6.45, 7) is 3.84. The summed E-state index contributed by atoms with van der Waals surface area (Å²) in [5, 5.41) is 2.33. The molecule has 2 rings (SSSR count). The third-order valence-electron chi connectivity index (χ3n) is 3.16. The van der Waals surface area contributed by atoms with Gasteiger partial charge in [0.1, 0.15) is 6.04 Å². The highest BCUT2D eigenvalue weighted by Gasteiger charge is 2.31. The van der Waals surface area contributed by atoms with Crippen LogP contribution in [0.15, 0.2) is 24.3 Å². The predicted octanol–water partition coefficient (Wildman–Crippen LogP) is 0.558. The Balaban J connectivity index is 2.41. The number of para-hydroxylation sites is 1. The first kappa shape index (κ1) is 12.6. The van der Waals surface area contributed by atoms with E-state index in [4.69, 9.17) is 5.73 Å². The number of rotatable bonds is 2. The molecule has 0 saturated carbocycles. The van der Waals surface area contributed by atoms with Crippen molar-refractivity contribution in [3.8, 4) is 0 Å². The highest BCUT2D eigenvalue weighted by atomic mass is 16.2. The Morgan fingerprint density at radius 2 is 2.06 bits per heavy atom. The van der Waals surface area contributed by atoms with E-state index in [9.17, 15) is 9.59 Å². The number of piperazine rings is 1. The fourth-order valence-electron chi connectivity index (χ4n) is 2.14. The van der Waals surface area contributed by atoms with Gasteiger partial charge in [0, 0.05) is 11.7 Å². The lowest BCUT2D eigenvalue weighted by Crippen LogP contribution is -2.57. The van der Waals surface area contributed by atoms with Crippen molar-refractivity contribution in [2.45, 2.75) is 25.9 Å². The van der Waals surface area contributed by atoms with Crippen molar-refractivity contribution >= 4 is 17.5 Å². The van der Waals surface area contributed by atoms with Crippen LogP contribution in [-0.2, 0) is 9.59 Å². The summed E-state index contributed by atoms with van der Waals surface area (Å²) in [7, 11) is 0. The van der Waals surface area contributed by atoms with Gasteiger partial charge in [0.2, 0.25) is 11.8 Å². The lowest BCUT2D eigenvalue weighted by atomic mass is 10.0. The molecular formula is C13H17N3O2. The zero-order valence-electron chi connectivity index (χ0n) is 10.5. The molecule has 1 aromatic rings. The molecular weight excluding hydrogens is 230 g/mol. The first-order chi connectivity index (χ1) is 8.50. The van der Waals surface area contributed by atoms with Crippen LogP contribution in [0.1, 0.15) is 25.5 Å². The lowest BCUT2D eigenvalue weighted by Gasteiger charge is -2.35. The number of nitrogens with one attached hydrogen (secondary N) is 1. The summed E-state index contributed by atoms with van der Waals surface area (Å²) >= 11 is 0. The smallest absolute Gasteiger partial charge is 0.249 e. The van der Waals surface area contributed by atoms with Crippen LogP contribution in [0.3, 0.4) is 0 Å². The second-order valence-electron chi connectivity index (χ2n) is 4.56. The molecule has 1 aliphatic heterocycles. The third kappa shape index (κ3) is 2.22. The van der Waals surface area contributed by atoms with Crippen LogP contribution in [0.4, 0.5) is 5.69 Å². The normalized spacial score (nSPS) is 21.7. The Hall–Kier alpha value is -1.88. The minimum atomic E-state index is -0.373. The van der Waals surface area contributed by atoms with Crippen molar-refractivity contribution in [1.82, 2.24) is 5.32 Å². The predicted molar refractivity (Wildman–Crippen MR) is 69.0 cm³/mol. The summed E-state index contributed by atoms with van der Waals surface area (Å²) < 4.78 is 0. The van der Waals surface area contributed by atoms with Gasteiger partial charge < -0.3 is 10.6 Å². The van der Waals surface area contributed by atoms with Crippen molar-refractivity contribution in [3.63, 3.8) is 0 Å². The SMILES string of the molecule is CC(N)c1ccccc1N1CC(=O)NC(=O)C1C. The fraction of sp³-hybridized carbons (Fsp3) is 0.385. The van der Waals surface area contributed by atoms with Crippen LogP contribution in [0, 0.1) is 0 Å². The van der Waals surface area contributed by atoms with Gasteiger partial charge in [0.15, 0.2) is 0 Å². The molecule has 1 heterocycles. The molecule has 1 saturated heterocycles. The van der Waals surface area contributed by atoms with E-state index in [-0.39, 0.29) is 30.4 Å². The molecule has 1 fully saturated rings. The van der Waals surface area contributed by atoms with Gasteiger partial charge >= 0.3 is 0 Å². The van der Waals surface area contributed by atoms with Gasteiger partial charge in [0.25, 0.3) is 0 Å². The lowest BCUT2D eigenvalue weighted by molar-refractivity contribution is -0.132. The van der Waals surface area contributed by atoms with Crippen LogP contribution in [0.2, 0.25) is 0 Å². The molecule has 0 bridgehead atoms. The Labute approximate surface area is 106 Å². The van der Waals surface area contributed by atoms with E-state index < -0.39 is 0 Å². The highest BCUT2D eigenvalue weighted by molar-refractivity contribution is 6.04. The van der Waals surface area contributed by atoms with E-state index in [1.807, 2.05) is 31.2 Å². The van der Waals surface area contributed by atoms with Crippen LogP contribution in [0.25, 0.3) is 0 Å². The molecule has 5 heteroatoms. The van der Waals surface area contributed by atoms with Crippen LogP contribution >= 0.6 is 0 Å². The quantitative estimate of drug-likeness (QED) is 0.749. The summed E-state index contributed by atoms with van der Waals surface area (Å²) in [5.41, 5.74) is 7.71. The zero-order chi connectivity index (χ0) is 13.3. The first-order valence-electron chi connectivity index (χ1n) is 5.95. The van der Waals surface area contributed by atoms with Gasteiger partial charge in [-0.25, -0.2) is 0 Å². The number of hydrogen-bond donors (Lipinski definition) is 2. The summed E-state index contributed by atoms with van der Waals surface area (Å²) in [6, 6.07) is 7.07. The molecule has 5 nitrogen and oxygen atoms in total. The van der Waals surface area contributed by atoms with E-state index >= 15 is 0 Å². The van der Waals surface area contributed by atoms with Crippen LogP contribution < -0.4 is 16.0 Å². The monoisotopic (exact) mass is 247 g/mol. The van der Waals surface area contributed by atoms with E-state index in [0.717, 1.165) is 11.3 Å². The maximum absolute atomic E-state index is 11.7. The van der Waals surface area contributed by atoms with E-state index in [0.29, 0.717) is 0 Å². The second kappa shape index (κ2) is 4.78. The zero-order valence-corrected chi connectivity index (χ0v) is 10.5. The average Bonchev–Trinajstić information content (AvgIpc) is 2.33. The fourth-order valence-corrected chi connectivity index (χ4v) is 2.14. The number of imide groups is 1. The number of nitrogens with zero attached hydrogens (tertiary/aromatic N) is 1. The van der Waals surface area contributed by atoms with Gasteiger partial charge in [0.05, 0.1) is 6.54 Å². The van der Waals surface area contributed by atoms with Gasteiger partial charge in [-0.05, 0) is 25.5 Å². The molecule has 0 aromatic heterocycles. The summed E-state index contributed by atoms with van der Waals surface area (Å²) in [4.78, 5) is 24.9. The number of carbonyl (C=O) groups is 2. The molecule has 0 spiro atoms. The molecule has 0 radical (unpaired) electrons. The molecule has 18 heavy (non-hydrogen) atoms. The Morgan fingerprint density at radius 3 is 2.72 bits per heavy atom. The topological polar surface area (TPSA) is 75.4 Å². The minimum Gasteiger partial charge on any atom is -0.350 e. The third-order valence-corrected chi connectivity index (χ3v) is 3.16. The van der Waals surface area contributed by atoms with E-state index in [2.05, 4.69) is 5.32 Å². The molecule has 0 aliphatic carbocycles. The van der Waals surface area contributed by atoms with Crippen LogP contribution in [0.5, 0.6) is 0 Å². The highest BCUT2D eigenvalue weighted by Crippen LogP contribution is 2.27. The van der Waals surface area contributed by atoms with Gasteiger partial charge in [-0.2, -0.15) is 0 Å². The van der Waals surface area contributed by atoms with Crippen molar-refractivity contribution in [2.24, 2.45) is 5.73 Å². The first-order valence-corrected chi connectivity index (χ1v) is 5.95. The van der Waals surface area contributed by atoms with Crippen molar-refractivity contribution in [1.29, 1.82) is 0 Å². The Morgan fingerprint density at radius 1 is 1.39 bits per heavy atom. The standard InChI is InChI=1S/C13H17N3O2/c1-8(14)10-5-3-4-6-11(10)16-7-12(17)15-13(18)9(16)2/h3-6,8-9H,7,14H2,1-2H3,(H,15,17,18). The molecule has 2 atom stereocenters. The van der Waals surface area contributed by atoms with Crippen LogP contribution in [-0.4, -0.2) is 24.4 Å². The Bertz CT molecular complexity index is 485. The molecule has 2 unspecified atom stereocenters.